The summed E-state index contributed by atoms with van der Waals surface area (Å²) in [5.74, 6) is 0. The number of allylic oxidation sites excluding steroid dienone is 1. The van der Waals surface area contributed by atoms with Crippen molar-refractivity contribution in [1.82, 2.24) is 0 Å². The van der Waals surface area contributed by atoms with Crippen LogP contribution in [0.2, 0.25) is 0 Å². The Morgan fingerprint density at radius 1 is 1.64 bits per heavy atom. The van der Waals surface area contributed by atoms with Crippen LogP contribution in [0.15, 0.2) is 11.6 Å². The van der Waals surface area contributed by atoms with Gasteiger partial charge in [0.25, 0.3) is 0 Å². The van der Waals surface area contributed by atoms with E-state index < -0.39 is 0 Å². The summed E-state index contributed by atoms with van der Waals surface area (Å²) in [5, 5.41) is 0. The maximum absolute atomic E-state index is 5.90. The minimum atomic E-state index is 0.300. The van der Waals surface area contributed by atoms with Gasteiger partial charge in [0, 0.05) is 6.04 Å². The Balaban J connectivity index is 2.70. The second-order valence-corrected chi connectivity index (χ2v) is 4.39. The third-order valence-electron chi connectivity index (χ3n) is 2.40. The quantitative estimate of drug-likeness (QED) is 0.575. The first-order valence-electron chi connectivity index (χ1n) is 4.48. The van der Waals surface area contributed by atoms with Gasteiger partial charge in [0.1, 0.15) is 0 Å². The topological polar surface area (TPSA) is 26.0 Å². The minimum absolute atomic E-state index is 0.300. The van der Waals surface area contributed by atoms with Gasteiger partial charge in [-0.05, 0) is 24.7 Å². The molecule has 1 rings (SSSR count). The zero-order valence-electron chi connectivity index (χ0n) is 7.85. The molecule has 1 nitrogen and oxygen atoms in total. The van der Waals surface area contributed by atoms with E-state index in [0.717, 1.165) is 12.8 Å². The van der Waals surface area contributed by atoms with Crippen LogP contribution < -0.4 is 5.73 Å². The first-order chi connectivity index (χ1) is 5.03. The standard InChI is InChI=1S/C10H19N/c1-4-8-5-9(11)7-10(2,3)6-8/h5,9H,4,6-7,11H2,1-3H3. The molecule has 0 aromatic rings. The SMILES string of the molecule is CCC1=CC(N)CC(C)(C)C1. The van der Waals surface area contributed by atoms with Crippen LogP contribution in [0.25, 0.3) is 0 Å². The Bertz CT molecular complexity index is 168. The van der Waals surface area contributed by atoms with Crippen LogP contribution >= 0.6 is 0 Å². The number of rotatable bonds is 1. The molecule has 0 fully saturated rings. The van der Waals surface area contributed by atoms with Crippen LogP contribution in [0.3, 0.4) is 0 Å². The van der Waals surface area contributed by atoms with E-state index in [4.69, 9.17) is 5.73 Å². The van der Waals surface area contributed by atoms with Crippen molar-refractivity contribution in [3.05, 3.63) is 11.6 Å². The summed E-state index contributed by atoms with van der Waals surface area (Å²) in [6, 6.07) is 0.300. The van der Waals surface area contributed by atoms with Crippen LogP contribution in [0.1, 0.15) is 40.0 Å². The van der Waals surface area contributed by atoms with Crippen molar-refractivity contribution in [2.24, 2.45) is 11.1 Å². The molecule has 0 aliphatic heterocycles. The van der Waals surface area contributed by atoms with Crippen molar-refractivity contribution < 1.29 is 0 Å². The average Bonchev–Trinajstić information content (AvgIpc) is 1.83. The lowest BCUT2D eigenvalue weighted by molar-refractivity contribution is 0.299. The lowest BCUT2D eigenvalue weighted by atomic mass is 9.75. The van der Waals surface area contributed by atoms with E-state index in [-0.39, 0.29) is 0 Å². The van der Waals surface area contributed by atoms with Gasteiger partial charge in [-0.25, -0.2) is 0 Å². The number of nitrogens with two attached hydrogens (primary N) is 1. The lowest BCUT2D eigenvalue weighted by Crippen LogP contribution is -2.30. The van der Waals surface area contributed by atoms with Gasteiger partial charge >= 0.3 is 0 Å². The van der Waals surface area contributed by atoms with Crippen LogP contribution in [0.5, 0.6) is 0 Å². The Labute approximate surface area is 69.7 Å². The van der Waals surface area contributed by atoms with Gasteiger partial charge in [0.2, 0.25) is 0 Å². The smallest absolute Gasteiger partial charge is 0.0231 e. The molecule has 0 amide bonds. The van der Waals surface area contributed by atoms with E-state index in [1.807, 2.05) is 0 Å². The van der Waals surface area contributed by atoms with Crippen molar-refractivity contribution >= 4 is 0 Å². The number of hydrogen-bond acceptors (Lipinski definition) is 1. The van der Waals surface area contributed by atoms with E-state index in [2.05, 4.69) is 26.8 Å². The average molecular weight is 153 g/mol. The minimum Gasteiger partial charge on any atom is -0.324 e. The van der Waals surface area contributed by atoms with Crippen molar-refractivity contribution in [1.29, 1.82) is 0 Å². The molecule has 1 atom stereocenters. The van der Waals surface area contributed by atoms with Gasteiger partial charge in [-0.2, -0.15) is 0 Å². The largest absolute Gasteiger partial charge is 0.324 e. The molecule has 1 unspecified atom stereocenters. The van der Waals surface area contributed by atoms with Crippen LogP contribution in [-0.4, -0.2) is 6.04 Å². The van der Waals surface area contributed by atoms with Crippen molar-refractivity contribution in [3.63, 3.8) is 0 Å². The molecule has 0 saturated carbocycles. The van der Waals surface area contributed by atoms with Crippen molar-refractivity contribution in [2.75, 3.05) is 0 Å². The van der Waals surface area contributed by atoms with E-state index in [1.54, 1.807) is 0 Å². The van der Waals surface area contributed by atoms with Gasteiger partial charge in [-0.1, -0.05) is 32.4 Å². The van der Waals surface area contributed by atoms with Crippen LogP contribution in [-0.2, 0) is 0 Å². The van der Waals surface area contributed by atoms with Crippen LogP contribution in [0, 0.1) is 5.41 Å². The zero-order valence-corrected chi connectivity index (χ0v) is 7.85. The van der Waals surface area contributed by atoms with E-state index >= 15 is 0 Å². The maximum Gasteiger partial charge on any atom is 0.0231 e. The van der Waals surface area contributed by atoms with Gasteiger partial charge in [-0.3, -0.25) is 0 Å². The monoisotopic (exact) mass is 153 g/mol. The van der Waals surface area contributed by atoms with E-state index in [0.29, 0.717) is 11.5 Å². The second kappa shape index (κ2) is 2.98. The summed E-state index contributed by atoms with van der Waals surface area (Å²) in [6.45, 7) is 6.81. The fraction of sp³-hybridized carbons (Fsp3) is 0.800. The molecule has 1 aliphatic rings. The predicted molar refractivity (Wildman–Crippen MR) is 49.4 cm³/mol. The summed E-state index contributed by atoms with van der Waals surface area (Å²) in [4.78, 5) is 0. The fourth-order valence-corrected chi connectivity index (χ4v) is 1.99. The zero-order chi connectivity index (χ0) is 8.48. The molecule has 0 bridgehead atoms. The molecule has 0 heterocycles. The second-order valence-electron chi connectivity index (χ2n) is 4.39. The molecule has 1 heteroatoms. The van der Waals surface area contributed by atoms with Crippen LogP contribution in [0.4, 0.5) is 0 Å². The molecular weight excluding hydrogens is 134 g/mol. The van der Waals surface area contributed by atoms with Gasteiger partial charge in [0.15, 0.2) is 0 Å². The highest BCUT2D eigenvalue weighted by atomic mass is 14.6. The van der Waals surface area contributed by atoms with Crippen molar-refractivity contribution in [3.8, 4) is 0 Å². The van der Waals surface area contributed by atoms with E-state index in [9.17, 15) is 0 Å². The number of hydrogen-bond donors (Lipinski definition) is 1. The Morgan fingerprint density at radius 2 is 2.27 bits per heavy atom. The summed E-state index contributed by atoms with van der Waals surface area (Å²) in [7, 11) is 0. The third-order valence-corrected chi connectivity index (χ3v) is 2.40. The lowest BCUT2D eigenvalue weighted by Gasteiger charge is -2.32. The maximum atomic E-state index is 5.90. The summed E-state index contributed by atoms with van der Waals surface area (Å²) >= 11 is 0. The third kappa shape index (κ3) is 2.33. The van der Waals surface area contributed by atoms with Gasteiger partial charge in [-0.15, -0.1) is 0 Å². The molecule has 11 heavy (non-hydrogen) atoms. The summed E-state index contributed by atoms with van der Waals surface area (Å²) in [5.41, 5.74) is 7.87. The highest BCUT2D eigenvalue weighted by Gasteiger charge is 2.25. The molecular formula is C10H19N. The molecule has 1 aliphatic carbocycles. The highest BCUT2D eigenvalue weighted by molar-refractivity contribution is 5.13. The molecule has 0 aromatic carbocycles. The fourth-order valence-electron chi connectivity index (χ4n) is 1.99. The molecule has 2 N–H and O–H groups in total. The molecule has 0 spiro atoms. The summed E-state index contributed by atoms with van der Waals surface area (Å²) in [6.07, 6.45) is 5.77. The molecule has 0 aromatic heterocycles. The molecule has 64 valence electrons. The summed E-state index contributed by atoms with van der Waals surface area (Å²) < 4.78 is 0. The predicted octanol–water partition coefficient (Wildman–Crippen LogP) is 2.47. The Kier molecular flexibility index (Phi) is 2.38. The van der Waals surface area contributed by atoms with Gasteiger partial charge < -0.3 is 5.73 Å². The first kappa shape index (κ1) is 8.79. The van der Waals surface area contributed by atoms with E-state index in [1.165, 1.54) is 12.0 Å². The molecule has 0 saturated heterocycles. The highest BCUT2D eigenvalue weighted by Crippen LogP contribution is 2.35. The first-order valence-corrected chi connectivity index (χ1v) is 4.48. The van der Waals surface area contributed by atoms with Crippen molar-refractivity contribution in [2.45, 2.75) is 46.1 Å². The Morgan fingerprint density at radius 3 is 2.73 bits per heavy atom. The molecule has 0 radical (unpaired) electrons. The normalized spacial score (nSPS) is 29.8. The van der Waals surface area contributed by atoms with Gasteiger partial charge in [0.05, 0.1) is 0 Å². The Hall–Kier alpha value is -0.300.